The van der Waals surface area contributed by atoms with E-state index in [4.69, 9.17) is 5.11 Å². The van der Waals surface area contributed by atoms with Crippen molar-refractivity contribution in [2.75, 3.05) is 16.8 Å². The van der Waals surface area contributed by atoms with Crippen molar-refractivity contribution in [3.05, 3.63) is 29.6 Å². The quantitative estimate of drug-likeness (QED) is 0.872. The maximum atomic E-state index is 13.6. The highest BCUT2D eigenvalue weighted by Crippen LogP contribution is 2.23. The molecule has 0 spiro atoms. The van der Waals surface area contributed by atoms with E-state index in [1.807, 2.05) is 11.8 Å². The zero-order chi connectivity index (χ0) is 12.3. The van der Waals surface area contributed by atoms with Gasteiger partial charge in [-0.3, -0.25) is 0 Å². The second-order valence-electron chi connectivity index (χ2n) is 4.06. The van der Waals surface area contributed by atoms with Gasteiger partial charge in [0.25, 0.3) is 0 Å². The lowest BCUT2D eigenvalue weighted by Crippen LogP contribution is -2.26. The van der Waals surface area contributed by atoms with Gasteiger partial charge >= 0.3 is 5.97 Å². The number of aromatic carboxylic acids is 1. The molecule has 1 aliphatic rings. The zero-order valence-electron chi connectivity index (χ0n) is 9.28. The summed E-state index contributed by atoms with van der Waals surface area (Å²) in [6.45, 7) is 0. The summed E-state index contributed by atoms with van der Waals surface area (Å²) in [7, 11) is 0. The lowest BCUT2D eigenvalue weighted by molar-refractivity contribution is 0.0696. The number of rotatable bonds is 3. The number of benzene rings is 1. The summed E-state index contributed by atoms with van der Waals surface area (Å²) in [6.07, 6.45) is 2.17. The Labute approximate surface area is 103 Å². The molecule has 3 nitrogen and oxygen atoms in total. The fourth-order valence-electron chi connectivity index (χ4n) is 1.84. The molecule has 0 amide bonds. The summed E-state index contributed by atoms with van der Waals surface area (Å²) in [5.74, 6) is 0.530. The van der Waals surface area contributed by atoms with Gasteiger partial charge < -0.3 is 10.4 Å². The summed E-state index contributed by atoms with van der Waals surface area (Å²) in [5, 5.41) is 11.9. The summed E-state index contributed by atoms with van der Waals surface area (Å²) in [4.78, 5) is 10.7. The fourth-order valence-corrected chi connectivity index (χ4v) is 2.91. The van der Waals surface area contributed by atoms with Crippen LogP contribution in [-0.2, 0) is 0 Å². The Morgan fingerprint density at radius 3 is 2.94 bits per heavy atom. The molecule has 0 radical (unpaired) electrons. The monoisotopic (exact) mass is 255 g/mol. The summed E-state index contributed by atoms with van der Waals surface area (Å²) in [5.41, 5.74) is 0.369. The van der Waals surface area contributed by atoms with Gasteiger partial charge in [-0.05, 0) is 36.8 Å². The average Bonchev–Trinajstić information content (AvgIpc) is 2.33. The number of carboxylic acids is 1. The molecular weight excluding hydrogens is 241 g/mol. The standard InChI is InChI=1S/C12H14FNO2S/c13-10-6-8(12(15)16)3-4-11(10)14-9-2-1-5-17-7-9/h3-4,6,9,14H,1-2,5,7H2,(H,15,16). The van der Waals surface area contributed by atoms with Gasteiger partial charge in [0, 0.05) is 11.8 Å². The first-order valence-corrected chi connectivity index (χ1v) is 6.69. The van der Waals surface area contributed by atoms with Crippen LogP contribution in [0.4, 0.5) is 10.1 Å². The van der Waals surface area contributed by atoms with E-state index in [-0.39, 0.29) is 11.6 Å². The Hall–Kier alpha value is -1.23. The van der Waals surface area contributed by atoms with Crippen LogP contribution in [0.3, 0.4) is 0 Å². The van der Waals surface area contributed by atoms with Crippen molar-refractivity contribution in [3.8, 4) is 0 Å². The Morgan fingerprint density at radius 2 is 2.35 bits per heavy atom. The van der Waals surface area contributed by atoms with E-state index in [1.54, 1.807) is 0 Å². The van der Waals surface area contributed by atoms with Crippen molar-refractivity contribution in [3.63, 3.8) is 0 Å². The van der Waals surface area contributed by atoms with E-state index in [0.717, 1.165) is 24.7 Å². The maximum absolute atomic E-state index is 13.6. The highest BCUT2D eigenvalue weighted by atomic mass is 32.2. The van der Waals surface area contributed by atoms with Crippen LogP contribution >= 0.6 is 11.8 Å². The van der Waals surface area contributed by atoms with Crippen LogP contribution in [0.25, 0.3) is 0 Å². The summed E-state index contributed by atoms with van der Waals surface area (Å²) in [6, 6.07) is 4.25. The number of thioether (sulfide) groups is 1. The minimum Gasteiger partial charge on any atom is -0.478 e. The molecule has 1 aromatic carbocycles. The van der Waals surface area contributed by atoms with Gasteiger partial charge in [0.05, 0.1) is 11.3 Å². The zero-order valence-corrected chi connectivity index (χ0v) is 10.1. The summed E-state index contributed by atoms with van der Waals surface area (Å²) < 4.78 is 13.6. The van der Waals surface area contributed by atoms with Crippen LogP contribution < -0.4 is 5.32 Å². The second kappa shape index (κ2) is 5.40. The van der Waals surface area contributed by atoms with Crippen LogP contribution in [0.1, 0.15) is 23.2 Å². The Balaban J connectivity index is 2.08. The number of anilines is 1. The first kappa shape index (κ1) is 12.2. The van der Waals surface area contributed by atoms with Crippen LogP contribution in [0.2, 0.25) is 0 Å². The molecular formula is C12H14FNO2S. The topological polar surface area (TPSA) is 49.3 Å². The SMILES string of the molecule is O=C(O)c1ccc(NC2CCCSC2)c(F)c1. The fraction of sp³-hybridized carbons (Fsp3) is 0.417. The van der Waals surface area contributed by atoms with Crippen molar-refractivity contribution in [1.82, 2.24) is 0 Å². The average molecular weight is 255 g/mol. The van der Waals surface area contributed by atoms with Crippen molar-refractivity contribution in [2.45, 2.75) is 18.9 Å². The largest absolute Gasteiger partial charge is 0.478 e. The maximum Gasteiger partial charge on any atom is 0.335 e. The molecule has 1 saturated heterocycles. The predicted molar refractivity (Wildman–Crippen MR) is 67.3 cm³/mol. The third kappa shape index (κ3) is 3.12. The molecule has 0 saturated carbocycles. The summed E-state index contributed by atoms with van der Waals surface area (Å²) >= 11 is 1.86. The van der Waals surface area contributed by atoms with Gasteiger partial charge in [-0.2, -0.15) is 11.8 Å². The van der Waals surface area contributed by atoms with Gasteiger partial charge in [-0.25, -0.2) is 9.18 Å². The van der Waals surface area contributed by atoms with Crippen molar-refractivity contribution in [1.29, 1.82) is 0 Å². The van der Waals surface area contributed by atoms with Gasteiger partial charge in [-0.15, -0.1) is 0 Å². The van der Waals surface area contributed by atoms with E-state index in [9.17, 15) is 9.18 Å². The number of halogens is 1. The minimum absolute atomic E-state index is 0.0222. The number of nitrogens with one attached hydrogen (secondary N) is 1. The third-order valence-electron chi connectivity index (χ3n) is 2.74. The molecule has 2 rings (SSSR count). The van der Waals surface area contributed by atoms with Crippen molar-refractivity contribution < 1.29 is 14.3 Å². The molecule has 0 aliphatic carbocycles. The highest BCUT2D eigenvalue weighted by molar-refractivity contribution is 7.99. The van der Waals surface area contributed by atoms with Crippen LogP contribution in [0.5, 0.6) is 0 Å². The molecule has 2 N–H and O–H groups in total. The van der Waals surface area contributed by atoms with E-state index >= 15 is 0 Å². The number of hydrogen-bond acceptors (Lipinski definition) is 3. The van der Waals surface area contributed by atoms with Crippen LogP contribution in [-0.4, -0.2) is 28.6 Å². The predicted octanol–water partition coefficient (Wildman–Crippen LogP) is 2.83. The van der Waals surface area contributed by atoms with Gasteiger partial charge in [0.15, 0.2) is 0 Å². The first-order chi connectivity index (χ1) is 8.16. The van der Waals surface area contributed by atoms with Crippen LogP contribution in [0.15, 0.2) is 18.2 Å². The van der Waals surface area contributed by atoms with Gasteiger partial charge in [-0.1, -0.05) is 0 Å². The van der Waals surface area contributed by atoms with Gasteiger partial charge in [0.2, 0.25) is 0 Å². The lowest BCUT2D eigenvalue weighted by Gasteiger charge is -2.23. The molecule has 17 heavy (non-hydrogen) atoms. The molecule has 1 heterocycles. The van der Waals surface area contributed by atoms with E-state index in [2.05, 4.69) is 5.32 Å². The Kier molecular flexibility index (Phi) is 3.89. The Morgan fingerprint density at radius 1 is 1.53 bits per heavy atom. The molecule has 92 valence electrons. The lowest BCUT2D eigenvalue weighted by atomic mass is 10.1. The minimum atomic E-state index is -1.11. The first-order valence-electron chi connectivity index (χ1n) is 5.54. The smallest absolute Gasteiger partial charge is 0.335 e. The molecule has 1 unspecified atom stereocenters. The molecule has 0 aromatic heterocycles. The number of carbonyl (C=O) groups is 1. The molecule has 0 bridgehead atoms. The van der Waals surface area contributed by atoms with E-state index in [1.165, 1.54) is 17.9 Å². The normalized spacial score (nSPS) is 19.9. The Bertz CT molecular complexity index is 419. The third-order valence-corrected chi connectivity index (χ3v) is 3.95. The molecule has 1 fully saturated rings. The number of carboxylic acid groups (broad SMARTS) is 1. The van der Waals surface area contributed by atoms with Gasteiger partial charge in [0.1, 0.15) is 5.82 Å². The number of hydrogen-bond donors (Lipinski definition) is 2. The molecule has 5 heteroatoms. The second-order valence-corrected chi connectivity index (χ2v) is 5.21. The van der Waals surface area contributed by atoms with Crippen molar-refractivity contribution in [2.24, 2.45) is 0 Å². The van der Waals surface area contributed by atoms with E-state index in [0.29, 0.717) is 5.69 Å². The molecule has 1 atom stereocenters. The van der Waals surface area contributed by atoms with Crippen LogP contribution in [0, 0.1) is 5.82 Å². The molecule has 1 aromatic rings. The van der Waals surface area contributed by atoms with E-state index < -0.39 is 11.8 Å². The molecule has 1 aliphatic heterocycles. The van der Waals surface area contributed by atoms with Crippen molar-refractivity contribution >= 4 is 23.4 Å². The highest BCUT2D eigenvalue weighted by Gasteiger charge is 2.15.